The molecular weight excluding hydrogens is 212 g/mol. The number of amides is 1. The Labute approximate surface area is 94.1 Å². The van der Waals surface area contributed by atoms with E-state index < -0.39 is 23.5 Å². The molecule has 0 bridgehead atoms. The lowest BCUT2D eigenvalue weighted by molar-refractivity contribution is -0.143. The zero-order chi connectivity index (χ0) is 12.2. The Hall–Kier alpha value is -1.14. The fourth-order valence-corrected chi connectivity index (χ4v) is 1.60. The van der Waals surface area contributed by atoms with E-state index in [1.54, 1.807) is 6.92 Å². The Morgan fingerprint density at radius 3 is 2.50 bits per heavy atom. The van der Waals surface area contributed by atoms with Crippen molar-refractivity contribution in [2.45, 2.75) is 37.8 Å². The number of hydrogen-bond acceptors (Lipinski definition) is 4. The van der Waals surface area contributed by atoms with Crippen molar-refractivity contribution >= 4 is 11.9 Å². The van der Waals surface area contributed by atoms with Crippen LogP contribution in [0.1, 0.15) is 26.2 Å². The molecule has 1 amide bonds. The molecule has 16 heavy (non-hydrogen) atoms. The zero-order valence-electron chi connectivity index (χ0n) is 9.36. The molecule has 1 rings (SSSR count). The summed E-state index contributed by atoms with van der Waals surface area (Å²) in [4.78, 5) is 22.6. The van der Waals surface area contributed by atoms with Gasteiger partial charge in [0, 0.05) is 13.2 Å². The Morgan fingerprint density at radius 2 is 2.06 bits per heavy atom. The Bertz CT molecular complexity index is 274. The molecule has 0 aromatic rings. The number of rotatable bonds is 4. The third-order valence-corrected chi connectivity index (χ3v) is 2.85. The minimum Gasteiger partial charge on any atom is -0.480 e. The van der Waals surface area contributed by atoms with Crippen LogP contribution in [0.15, 0.2) is 0 Å². The predicted molar refractivity (Wildman–Crippen MR) is 56.8 cm³/mol. The summed E-state index contributed by atoms with van der Waals surface area (Å²) in [7, 11) is 0. The van der Waals surface area contributed by atoms with Gasteiger partial charge in [0.25, 0.3) is 0 Å². The summed E-state index contributed by atoms with van der Waals surface area (Å²) in [5.74, 6) is -1.43. The highest BCUT2D eigenvalue weighted by Gasteiger charge is 2.37. The fraction of sp³-hybridized carbons (Fsp3) is 0.800. The van der Waals surface area contributed by atoms with E-state index >= 15 is 0 Å². The van der Waals surface area contributed by atoms with Crippen molar-refractivity contribution in [3.8, 4) is 0 Å². The third kappa shape index (κ3) is 2.93. The molecule has 0 aliphatic carbocycles. The van der Waals surface area contributed by atoms with Gasteiger partial charge >= 0.3 is 5.97 Å². The highest BCUT2D eigenvalue weighted by atomic mass is 16.5. The average Bonchev–Trinajstić information content (AvgIpc) is 2.26. The van der Waals surface area contributed by atoms with Crippen LogP contribution < -0.4 is 11.1 Å². The lowest BCUT2D eigenvalue weighted by atomic mass is 9.90. The summed E-state index contributed by atoms with van der Waals surface area (Å²) < 4.78 is 5.12. The van der Waals surface area contributed by atoms with E-state index in [0.717, 1.165) is 0 Å². The Morgan fingerprint density at radius 1 is 1.50 bits per heavy atom. The first-order valence-corrected chi connectivity index (χ1v) is 5.40. The number of carbonyl (C=O) groups excluding carboxylic acids is 1. The van der Waals surface area contributed by atoms with Gasteiger partial charge in [-0.3, -0.25) is 4.79 Å². The molecule has 6 heteroatoms. The summed E-state index contributed by atoms with van der Waals surface area (Å²) in [5, 5.41) is 11.3. The van der Waals surface area contributed by atoms with Gasteiger partial charge in [-0.05, 0) is 19.3 Å². The number of carboxylic acids is 1. The lowest BCUT2D eigenvalue weighted by Crippen LogP contribution is -2.59. The Kier molecular flexibility index (Phi) is 4.26. The van der Waals surface area contributed by atoms with Gasteiger partial charge in [0.1, 0.15) is 6.04 Å². The first-order chi connectivity index (χ1) is 7.49. The molecule has 6 nitrogen and oxygen atoms in total. The second-order valence-electron chi connectivity index (χ2n) is 4.04. The topological polar surface area (TPSA) is 102 Å². The van der Waals surface area contributed by atoms with Gasteiger partial charge in [0.05, 0.1) is 5.54 Å². The number of carboxylic acid groups (broad SMARTS) is 1. The van der Waals surface area contributed by atoms with Crippen molar-refractivity contribution in [3.05, 3.63) is 0 Å². The largest absolute Gasteiger partial charge is 0.480 e. The number of aliphatic carboxylic acids is 1. The maximum atomic E-state index is 11.8. The van der Waals surface area contributed by atoms with E-state index in [4.69, 9.17) is 15.6 Å². The molecule has 0 radical (unpaired) electrons. The SMILES string of the molecule is CC[C@@H](NC(=O)C1(N)CCOCC1)C(=O)O. The van der Waals surface area contributed by atoms with Crippen LogP contribution in [0.5, 0.6) is 0 Å². The van der Waals surface area contributed by atoms with E-state index in [9.17, 15) is 9.59 Å². The van der Waals surface area contributed by atoms with Crippen LogP contribution in [-0.4, -0.2) is 41.8 Å². The molecule has 1 saturated heterocycles. The molecule has 0 spiro atoms. The molecule has 1 aliphatic heterocycles. The van der Waals surface area contributed by atoms with Gasteiger partial charge in [-0.25, -0.2) is 4.79 Å². The number of nitrogens with two attached hydrogens (primary N) is 1. The standard InChI is InChI=1S/C10H18N2O4/c1-2-7(8(13)14)12-9(15)10(11)3-5-16-6-4-10/h7H,2-6,11H2,1H3,(H,12,15)(H,13,14)/t7-/m1/s1. The minimum absolute atomic E-state index is 0.341. The van der Waals surface area contributed by atoms with Gasteiger partial charge in [0.2, 0.25) is 5.91 Å². The highest BCUT2D eigenvalue weighted by Crippen LogP contribution is 2.18. The first-order valence-electron chi connectivity index (χ1n) is 5.40. The average molecular weight is 230 g/mol. The van der Waals surface area contributed by atoms with Crippen LogP contribution in [0.4, 0.5) is 0 Å². The van der Waals surface area contributed by atoms with Gasteiger partial charge in [-0.15, -0.1) is 0 Å². The van der Waals surface area contributed by atoms with Crippen molar-refractivity contribution in [1.29, 1.82) is 0 Å². The van der Waals surface area contributed by atoms with Crippen molar-refractivity contribution < 1.29 is 19.4 Å². The summed E-state index contributed by atoms with van der Waals surface area (Å²) in [6, 6.07) is -0.865. The molecule has 4 N–H and O–H groups in total. The molecule has 0 aromatic heterocycles. The summed E-state index contributed by atoms with van der Waals surface area (Å²) in [6.07, 6.45) is 1.19. The second-order valence-corrected chi connectivity index (χ2v) is 4.04. The van der Waals surface area contributed by atoms with E-state index in [2.05, 4.69) is 5.32 Å². The normalized spacial score (nSPS) is 21.1. The van der Waals surface area contributed by atoms with Crippen LogP contribution in [0.2, 0.25) is 0 Å². The number of ether oxygens (including phenoxy) is 1. The molecule has 1 atom stereocenters. The monoisotopic (exact) mass is 230 g/mol. The molecular formula is C10H18N2O4. The molecule has 0 saturated carbocycles. The maximum Gasteiger partial charge on any atom is 0.326 e. The molecule has 1 heterocycles. The van der Waals surface area contributed by atoms with E-state index in [0.29, 0.717) is 32.5 Å². The molecule has 0 unspecified atom stereocenters. The maximum absolute atomic E-state index is 11.8. The van der Waals surface area contributed by atoms with Gasteiger partial charge in [0.15, 0.2) is 0 Å². The van der Waals surface area contributed by atoms with E-state index in [1.165, 1.54) is 0 Å². The van der Waals surface area contributed by atoms with Gasteiger partial charge in [-0.1, -0.05) is 6.92 Å². The van der Waals surface area contributed by atoms with Crippen molar-refractivity contribution in [2.24, 2.45) is 5.73 Å². The van der Waals surface area contributed by atoms with Crippen LogP contribution in [0.3, 0.4) is 0 Å². The third-order valence-electron chi connectivity index (χ3n) is 2.85. The van der Waals surface area contributed by atoms with Crippen LogP contribution in [-0.2, 0) is 14.3 Å². The predicted octanol–water partition coefficient (Wildman–Crippen LogP) is -0.526. The molecule has 1 aliphatic rings. The number of hydrogen-bond donors (Lipinski definition) is 3. The van der Waals surface area contributed by atoms with Crippen molar-refractivity contribution in [3.63, 3.8) is 0 Å². The van der Waals surface area contributed by atoms with Crippen molar-refractivity contribution in [2.75, 3.05) is 13.2 Å². The first kappa shape index (κ1) is 12.9. The highest BCUT2D eigenvalue weighted by molar-refractivity contribution is 5.90. The molecule has 92 valence electrons. The summed E-state index contributed by atoms with van der Waals surface area (Å²) in [5.41, 5.74) is 4.94. The van der Waals surface area contributed by atoms with Crippen molar-refractivity contribution in [1.82, 2.24) is 5.32 Å². The van der Waals surface area contributed by atoms with Gasteiger partial charge < -0.3 is 20.9 Å². The fourth-order valence-electron chi connectivity index (χ4n) is 1.60. The molecule has 1 fully saturated rings. The number of carbonyl (C=O) groups is 2. The summed E-state index contributed by atoms with van der Waals surface area (Å²) >= 11 is 0. The molecule has 0 aromatic carbocycles. The van der Waals surface area contributed by atoms with Crippen LogP contribution in [0.25, 0.3) is 0 Å². The quantitative estimate of drug-likeness (QED) is 0.603. The van der Waals surface area contributed by atoms with Gasteiger partial charge in [-0.2, -0.15) is 0 Å². The van der Waals surface area contributed by atoms with E-state index in [-0.39, 0.29) is 0 Å². The number of nitrogens with one attached hydrogen (secondary N) is 1. The second kappa shape index (κ2) is 5.27. The smallest absolute Gasteiger partial charge is 0.326 e. The Balaban J connectivity index is 2.59. The zero-order valence-corrected chi connectivity index (χ0v) is 9.36. The lowest BCUT2D eigenvalue weighted by Gasteiger charge is -2.32. The van der Waals surface area contributed by atoms with E-state index in [1.807, 2.05) is 0 Å². The van der Waals surface area contributed by atoms with Crippen LogP contribution in [0, 0.1) is 0 Å². The summed E-state index contributed by atoms with van der Waals surface area (Å²) in [6.45, 7) is 2.58. The minimum atomic E-state index is -1.04. The van der Waals surface area contributed by atoms with Crippen LogP contribution >= 0.6 is 0 Å².